The fraction of sp³-hybridized carbons (Fsp3) is 0.100. The molecule has 28 heavy (non-hydrogen) atoms. The maximum Gasteiger partial charge on any atom is 0.417 e. The number of halogens is 3. The summed E-state index contributed by atoms with van der Waals surface area (Å²) in [6.45, 7) is 1.95. The van der Waals surface area contributed by atoms with Crippen molar-refractivity contribution >= 4 is 22.5 Å². The van der Waals surface area contributed by atoms with Crippen LogP contribution in [0.25, 0.3) is 22.4 Å². The molecule has 0 spiro atoms. The monoisotopic (exact) mass is 381 g/mol. The van der Waals surface area contributed by atoms with Gasteiger partial charge in [0.1, 0.15) is 5.82 Å². The summed E-state index contributed by atoms with van der Waals surface area (Å²) in [5, 5.41) is 3.75. The van der Waals surface area contributed by atoms with Gasteiger partial charge in [0.05, 0.1) is 22.6 Å². The molecule has 0 saturated carbocycles. The van der Waals surface area contributed by atoms with E-state index in [1.165, 1.54) is 6.07 Å². The number of pyridine rings is 4. The number of aryl methyl sites for hydroxylation is 1. The summed E-state index contributed by atoms with van der Waals surface area (Å²) in [5.74, 6) is 0.296. The highest BCUT2D eigenvalue weighted by molar-refractivity contribution is 5.91. The van der Waals surface area contributed by atoms with Crippen LogP contribution in [0, 0.1) is 6.92 Å². The number of aromatic nitrogens is 4. The second-order valence-electron chi connectivity index (χ2n) is 6.15. The molecule has 140 valence electrons. The SMILES string of the molecule is Cc1cccnc1-c1ccc2c(Nc3ccc(C(F)(F)F)cn3)ccnc2n1. The second kappa shape index (κ2) is 6.88. The Kier molecular flexibility index (Phi) is 4.38. The van der Waals surface area contributed by atoms with Crippen LogP contribution in [0.1, 0.15) is 11.1 Å². The van der Waals surface area contributed by atoms with Crippen molar-refractivity contribution in [3.05, 3.63) is 72.2 Å². The van der Waals surface area contributed by atoms with Crippen molar-refractivity contribution in [3.8, 4) is 11.4 Å². The quantitative estimate of drug-likeness (QED) is 0.531. The molecule has 0 aliphatic heterocycles. The molecule has 0 amide bonds. The lowest BCUT2D eigenvalue weighted by Gasteiger charge is -2.11. The van der Waals surface area contributed by atoms with Gasteiger partial charge in [0.15, 0.2) is 5.65 Å². The van der Waals surface area contributed by atoms with Gasteiger partial charge in [-0.3, -0.25) is 4.98 Å². The first kappa shape index (κ1) is 17.8. The van der Waals surface area contributed by atoms with Gasteiger partial charge in [-0.1, -0.05) is 6.07 Å². The molecule has 4 aromatic rings. The third kappa shape index (κ3) is 3.48. The van der Waals surface area contributed by atoms with Gasteiger partial charge in [-0.05, 0) is 48.9 Å². The van der Waals surface area contributed by atoms with E-state index in [9.17, 15) is 13.2 Å². The average molecular weight is 381 g/mol. The van der Waals surface area contributed by atoms with Crippen LogP contribution in [-0.2, 0) is 6.18 Å². The van der Waals surface area contributed by atoms with Gasteiger partial charge >= 0.3 is 6.18 Å². The van der Waals surface area contributed by atoms with E-state index < -0.39 is 11.7 Å². The zero-order chi connectivity index (χ0) is 19.7. The van der Waals surface area contributed by atoms with Crippen LogP contribution in [-0.4, -0.2) is 19.9 Å². The molecule has 0 radical (unpaired) electrons. The number of nitrogens with zero attached hydrogens (tertiary/aromatic N) is 4. The van der Waals surface area contributed by atoms with Crippen molar-refractivity contribution in [1.82, 2.24) is 19.9 Å². The molecule has 8 heteroatoms. The van der Waals surface area contributed by atoms with Crippen molar-refractivity contribution in [2.45, 2.75) is 13.1 Å². The third-order valence-electron chi connectivity index (χ3n) is 4.21. The number of anilines is 2. The molecule has 0 atom stereocenters. The van der Waals surface area contributed by atoms with E-state index in [2.05, 4.69) is 25.3 Å². The largest absolute Gasteiger partial charge is 0.417 e. The Morgan fingerprint density at radius 3 is 2.46 bits per heavy atom. The fourth-order valence-corrected chi connectivity index (χ4v) is 2.80. The molecule has 0 bridgehead atoms. The standard InChI is InChI=1S/C20H14F3N5/c1-12-3-2-9-24-18(12)16-6-5-14-15(8-10-25-19(14)28-16)27-17-7-4-13(11-26-17)20(21,22)23/h2-11H,1H3,(H,25,26,27,28). The Labute approximate surface area is 158 Å². The predicted molar refractivity (Wildman–Crippen MR) is 100 cm³/mol. The van der Waals surface area contributed by atoms with E-state index in [0.717, 1.165) is 28.9 Å². The lowest BCUT2D eigenvalue weighted by molar-refractivity contribution is -0.137. The predicted octanol–water partition coefficient (Wildman–Crippen LogP) is 5.16. The molecule has 5 nitrogen and oxygen atoms in total. The van der Waals surface area contributed by atoms with E-state index >= 15 is 0 Å². The van der Waals surface area contributed by atoms with E-state index in [1.807, 2.05) is 31.2 Å². The van der Waals surface area contributed by atoms with Gasteiger partial charge in [0.2, 0.25) is 0 Å². The van der Waals surface area contributed by atoms with Crippen molar-refractivity contribution in [1.29, 1.82) is 0 Å². The lowest BCUT2D eigenvalue weighted by Crippen LogP contribution is -2.06. The van der Waals surface area contributed by atoms with Crippen molar-refractivity contribution in [3.63, 3.8) is 0 Å². The molecule has 0 unspecified atom stereocenters. The van der Waals surface area contributed by atoms with Crippen LogP contribution in [0.5, 0.6) is 0 Å². The van der Waals surface area contributed by atoms with Gasteiger partial charge in [-0.15, -0.1) is 0 Å². The highest BCUT2D eigenvalue weighted by Gasteiger charge is 2.30. The number of alkyl halides is 3. The van der Waals surface area contributed by atoms with Crippen molar-refractivity contribution in [2.24, 2.45) is 0 Å². The first-order valence-corrected chi connectivity index (χ1v) is 8.40. The number of hydrogen-bond donors (Lipinski definition) is 1. The van der Waals surface area contributed by atoms with Gasteiger partial charge < -0.3 is 5.32 Å². The van der Waals surface area contributed by atoms with Crippen LogP contribution in [0.3, 0.4) is 0 Å². The molecular formula is C20H14F3N5. The summed E-state index contributed by atoms with van der Waals surface area (Å²) < 4.78 is 38.0. The number of rotatable bonds is 3. The van der Waals surface area contributed by atoms with E-state index in [0.29, 0.717) is 22.8 Å². The molecule has 0 saturated heterocycles. The molecule has 1 N–H and O–H groups in total. The third-order valence-corrected chi connectivity index (χ3v) is 4.21. The first-order chi connectivity index (χ1) is 13.4. The first-order valence-electron chi connectivity index (χ1n) is 8.40. The minimum atomic E-state index is -4.42. The van der Waals surface area contributed by atoms with E-state index in [-0.39, 0.29) is 0 Å². The summed E-state index contributed by atoms with van der Waals surface area (Å²) in [4.78, 5) is 17.1. The second-order valence-corrected chi connectivity index (χ2v) is 6.15. The lowest BCUT2D eigenvalue weighted by atomic mass is 10.1. The highest BCUT2D eigenvalue weighted by Crippen LogP contribution is 2.30. The Morgan fingerprint density at radius 1 is 0.893 bits per heavy atom. The van der Waals surface area contributed by atoms with Crippen molar-refractivity contribution < 1.29 is 13.2 Å². The summed E-state index contributed by atoms with van der Waals surface area (Å²) in [5.41, 5.74) is 2.82. The smallest absolute Gasteiger partial charge is 0.340 e. The minimum absolute atomic E-state index is 0.296. The van der Waals surface area contributed by atoms with Crippen molar-refractivity contribution in [2.75, 3.05) is 5.32 Å². The molecule has 4 aromatic heterocycles. The zero-order valence-corrected chi connectivity index (χ0v) is 14.7. The van der Waals surface area contributed by atoms with Crippen LogP contribution in [0.4, 0.5) is 24.7 Å². The van der Waals surface area contributed by atoms with Gasteiger partial charge in [-0.2, -0.15) is 13.2 Å². The normalized spacial score (nSPS) is 11.6. The van der Waals surface area contributed by atoms with Crippen LogP contribution >= 0.6 is 0 Å². The van der Waals surface area contributed by atoms with E-state index in [1.54, 1.807) is 18.5 Å². The Balaban J connectivity index is 1.68. The zero-order valence-electron chi connectivity index (χ0n) is 14.7. The average Bonchev–Trinajstić information content (AvgIpc) is 2.68. The maximum absolute atomic E-state index is 12.7. The summed E-state index contributed by atoms with van der Waals surface area (Å²) in [7, 11) is 0. The van der Waals surface area contributed by atoms with E-state index in [4.69, 9.17) is 0 Å². The topological polar surface area (TPSA) is 63.6 Å². The Bertz CT molecular complexity index is 1140. The summed E-state index contributed by atoms with van der Waals surface area (Å²) >= 11 is 0. The van der Waals surface area contributed by atoms with Crippen LogP contribution in [0.2, 0.25) is 0 Å². The Hall–Kier alpha value is -3.55. The summed E-state index contributed by atoms with van der Waals surface area (Å²) in [6.07, 6.45) is -0.336. The maximum atomic E-state index is 12.7. The van der Waals surface area contributed by atoms with Gasteiger partial charge in [-0.25, -0.2) is 15.0 Å². The van der Waals surface area contributed by atoms with Crippen LogP contribution in [0.15, 0.2) is 61.1 Å². The summed E-state index contributed by atoms with van der Waals surface area (Å²) in [6, 6.07) is 11.5. The fourth-order valence-electron chi connectivity index (χ4n) is 2.80. The number of fused-ring (bicyclic) bond motifs is 1. The number of nitrogens with one attached hydrogen (secondary N) is 1. The molecule has 0 aliphatic carbocycles. The molecule has 0 aromatic carbocycles. The Morgan fingerprint density at radius 2 is 1.75 bits per heavy atom. The molecule has 4 rings (SSSR count). The van der Waals surface area contributed by atoms with Gasteiger partial charge in [0.25, 0.3) is 0 Å². The number of hydrogen-bond acceptors (Lipinski definition) is 5. The molecular weight excluding hydrogens is 367 g/mol. The minimum Gasteiger partial charge on any atom is -0.340 e. The highest BCUT2D eigenvalue weighted by atomic mass is 19.4. The molecule has 0 fully saturated rings. The van der Waals surface area contributed by atoms with Crippen LogP contribution < -0.4 is 5.32 Å². The molecule has 0 aliphatic rings. The van der Waals surface area contributed by atoms with Gasteiger partial charge in [0, 0.05) is 24.0 Å². The molecule has 4 heterocycles.